The summed E-state index contributed by atoms with van der Waals surface area (Å²) in [4.78, 5) is 22.3. The number of hydrogen-bond acceptors (Lipinski definition) is 5. The van der Waals surface area contributed by atoms with Gasteiger partial charge in [0.1, 0.15) is 11.9 Å². The van der Waals surface area contributed by atoms with Crippen molar-refractivity contribution in [3.8, 4) is 0 Å². The molecule has 0 unspecified atom stereocenters. The van der Waals surface area contributed by atoms with Gasteiger partial charge in [-0.3, -0.25) is 9.78 Å². The Hall–Kier alpha value is -2.99. The van der Waals surface area contributed by atoms with Crippen LogP contribution in [0.4, 0.5) is 5.95 Å². The first-order valence-corrected chi connectivity index (χ1v) is 9.61. The van der Waals surface area contributed by atoms with E-state index in [1.807, 2.05) is 49.4 Å². The molecule has 1 aromatic carbocycles. The molecule has 1 N–H and O–H groups in total. The molecule has 2 aliphatic rings. The zero-order chi connectivity index (χ0) is 19.3. The van der Waals surface area contributed by atoms with Gasteiger partial charge in [-0.05, 0) is 49.1 Å². The second-order valence-electron chi connectivity index (χ2n) is 7.18. The molecule has 28 heavy (non-hydrogen) atoms. The van der Waals surface area contributed by atoms with Gasteiger partial charge in [-0.1, -0.05) is 29.8 Å². The molecule has 1 aliphatic carbocycles. The molecule has 1 aliphatic heterocycles. The smallest absolute Gasteiger partial charge is 0.226 e. The van der Waals surface area contributed by atoms with Crippen LogP contribution in [-0.2, 0) is 4.79 Å². The van der Waals surface area contributed by atoms with E-state index in [4.69, 9.17) is 11.6 Å². The number of carbonyl (C=O) groups is 1. The van der Waals surface area contributed by atoms with Crippen LogP contribution >= 0.6 is 11.6 Å². The van der Waals surface area contributed by atoms with E-state index in [0.717, 1.165) is 28.9 Å². The number of ketones is 1. The molecule has 0 amide bonds. The molecule has 2 aromatic heterocycles. The molecular formula is C21H18ClN5O. The van der Waals surface area contributed by atoms with Crippen molar-refractivity contribution in [2.75, 3.05) is 5.32 Å². The number of hydrogen-bond donors (Lipinski definition) is 1. The maximum atomic E-state index is 13.3. The molecule has 3 aromatic rings. The van der Waals surface area contributed by atoms with Crippen LogP contribution in [0.2, 0.25) is 5.02 Å². The Morgan fingerprint density at radius 3 is 2.71 bits per heavy atom. The number of carbonyl (C=O) groups excluding carboxylic acids is 1. The minimum absolute atomic E-state index is 0.107. The van der Waals surface area contributed by atoms with Gasteiger partial charge in [0.15, 0.2) is 5.78 Å². The lowest BCUT2D eigenvalue weighted by molar-refractivity contribution is -0.116. The van der Waals surface area contributed by atoms with Crippen LogP contribution in [0.3, 0.4) is 0 Å². The molecule has 6 nitrogen and oxygen atoms in total. The van der Waals surface area contributed by atoms with Gasteiger partial charge in [-0.15, -0.1) is 0 Å². The maximum absolute atomic E-state index is 13.3. The summed E-state index contributed by atoms with van der Waals surface area (Å²) < 4.78 is 1.77. The van der Waals surface area contributed by atoms with Crippen LogP contribution in [0.15, 0.2) is 59.9 Å². The van der Waals surface area contributed by atoms with Gasteiger partial charge in [0.05, 0.1) is 5.69 Å². The van der Waals surface area contributed by atoms with E-state index in [0.29, 0.717) is 23.2 Å². The fourth-order valence-electron chi connectivity index (χ4n) is 4.10. The average molecular weight is 392 g/mol. The summed E-state index contributed by atoms with van der Waals surface area (Å²) in [5.74, 6) is 1.53. The third kappa shape index (κ3) is 2.81. The third-order valence-electron chi connectivity index (χ3n) is 5.34. The monoisotopic (exact) mass is 391 g/mol. The Morgan fingerprint density at radius 1 is 1.14 bits per heavy atom. The van der Waals surface area contributed by atoms with Crippen molar-refractivity contribution < 1.29 is 4.79 Å². The largest absolute Gasteiger partial charge is 0.328 e. The molecule has 5 rings (SSSR count). The van der Waals surface area contributed by atoms with E-state index in [1.165, 1.54) is 0 Å². The van der Waals surface area contributed by atoms with Crippen LogP contribution in [0.1, 0.15) is 41.9 Å². The first-order chi connectivity index (χ1) is 13.6. The van der Waals surface area contributed by atoms with Gasteiger partial charge in [-0.2, -0.15) is 10.1 Å². The van der Waals surface area contributed by atoms with Crippen molar-refractivity contribution >= 4 is 23.3 Å². The Morgan fingerprint density at radius 2 is 1.96 bits per heavy atom. The molecule has 0 radical (unpaired) electrons. The molecule has 0 spiro atoms. The van der Waals surface area contributed by atoms with Crippen LogP contribution in [0.5, 0.6) is 0 Å². The SMILES string of the molecule is Cc1nc2n(n1)[C@@H](c1ccccn1)C1=C(C[C@@H](c3ccc(Cl)cc3)CC1=O)N2. The lowest BCUT2D eigenvalue weighted by atomic mass is 9.78. The van der Waals surface area contributed by atoms with Gasteiger partial charge in [-0.25, -0.2) is 4.68 Å². The first-order valence-electron chi connectivity index (χ1n) is 9.23. The number of halogens is 1. The van der Waals surface area contributed by atoms with Gasteiger partial charge >= 0.3 is 0 Å². The van der Waals surface area contributed by atoms with Crippen molar-refractivity contribution in [3.63, 3.8) is 0 Å². The third-order valence-corrected chi connectivity index (χ3v) is 5.59. The number of anilines is 1. The summed E-state index contributed by atoms with van der Waals surface area (Å²) in [7, 11) is 0. The number of rotatable bonds is 2. The predicted octanol–water partition coefficient (Wildman–Crippen LogP) is 4.05. The fourth-order valence-corrected chi connectivity index (χ4v) is 4.23. The highest BCUT2D eigenvalue weighted by Crippen LogP contribution is 2.43. The summed E-state index contributed by atoms with van der Waals surface area (Å²) in [6.45, 7) is 1.85. The Balaban J connectivity index is 1.60. The maximum Gasteiger partial charge on any atom is 0.226 e. The van der Waals surface area contributed by atoms with Crippen LogP contribution in [-0.4, -0.2) is 25.5 Å². The average Bonchev–Trinajstić information content (AvgIpc) is 3.07. The van der Waals surface area contributed by atoms with Gasteiger partial charge in [0.25, 0.3) is 0 Å². The Bertz CT molecular complexity index is 1090. The van der Waals surface area contributed by atoms with Crippen LogP contribution in [0.25, 0.3) is 0 Å². The molecule has 0 saturated heterocycles. The first kappa shape index (κ1) is 17.1. The number of Topliss-reactive ketones (excluding diaryl/α,β-unsaturated/α-hetero) is 1. The minimum Gasteiger partial charge on any atom is -0.328 e. The highest BCUT2D eigenvalue weighted by Gasteiger charge is 2.40. The number of aromatic nitrogens is 4. The van der Waals surface area contributed by atoms with Crippen molar-refractivity contribution in [1.29, 1.82) is 0 Å². The van der Waals surface area contributed by atoms with Crippen LogP contribution < -0.4 is 5.32 Å². The second-order valence-corrected chi connectivity index (χ2v) is 7.62. The quantitative estimate of drug-likeness (QED) is 0.713. The van der Waals surface area contributed by atoms with Gasteiger partial charge in [0, 0.05) is 28.9 Å². The minimum atomic E-state index is -0.354. The zero-order valence-corrected chi connectivity index (χ0v) is 16.0. The highest BCUT2D eigenvalue weighted by molar-refractivity contribution is 6.30. The molecule has 0 fully saturated rings. The lowest BCUT2D eigenvalue weighted by Gasteiger charge is -2.34. The number of benzene rings is 1. The van der Waals surface area contributed by atoms with E-state index in [1.54, 1.807) is 10.9 Å². The zero-order valence-electron chi connectivity index (χ0n) is 15.3. The highest BCUT2D eigenvalue weighted by atomic mass is 35.5. The number of aryl methyl sites for hydroxylation is 1. The van der Waals surface area contributed by atoms with Gasteiger partial charge in [0.2, 0.25) is 5.95 Å². The van der Waals surface area contributed by atoms with Crippen molar-refractivity contribution in [1.82, 2.24) is 19.7 Å². The summed E-state index contributed by atoms with van der Waals surface area (Å²) >= 11 is 6.02. The van der Waals surface area contributed by atoms with E-state index < -0.39 is 0 Å². The fraction of sp³-hybridized carbons (Fsp3) is 0.238. The summed E-state index contributed by atoms with van der Waals surface area (Å²) in [5, 5.41) is 8.57. The Kier molecular flexibility index (Phi) is 4.02. The summed E-state index contributed by atoms with van der Waals surface area (Å²) in [5.41, 5.74) is 3.55. The molecule has 0 saturated carbocycles. The topological polar surface area (TPSA) is 72.7 Å². The van der Waals surface area contributed by atoms with Crippen LogP contribution in [0, 0.1) is 6.92 Å². The number of nitrogens with one attached hydrogen (secondary N) is 1. The standard InChI is InChI=1S/C21H18ClN5O/c1-12-24-21-25-17-10-14(13-5-7-15(22)8-6-13)11-18(28)19(17)20(27(21)26-12)16-4-2-3-9-23-16/h2-9,14,20H,10-11H2,1H3,(H,24,25,26)/t14-,20+/m1/s1. The molecule has 2 atom stereocenters. The molecule has 7 heteroatoms. The lowest BCUT2D eigenvalue weighted by Crippen LogP contribution is -2.34. The summed E-state index contributed by atoms with van der Waals surface area (Å²) in [6.07, 6.45) is 2.93. The van der Waals surface area contributed by atoms with E-state index in [-0.39, 0.29) is 17.7 Å². The molecule has 140 valence electrons. The molecular weight excluding hydrogens is 374 g/mol. The van der Waals surface area contributed by atoms with Crippen molar-refractivity contribution in [2.24, 2.45) is 0 Å². The van der Waals surface area contributed by atoms with E-state index >= 15 is 0 Å². The van der Waals surface area contributed by atoms with Crippen molar-refractivity contribution in [3.05, 3.63) is 82.0 Å². The number of pyridine rings is 1. The summed E-state index contributed by atoms with van der Waals surface area (Å²) in [6, 6.07) is 13.1. The van der Waals surface area contributed by atoms with Crippen molar-refractivity contribution in [2.45, 2.75) is 31.7 Å². The number of fused-ring (bicyclic) bond motifs is 1. The van der Waals surface area contributed by atoms with Gasteiger partial charge < -0.3 is 5.32 Å². The predicted molar refractivity (Wildman–Crippen MR) is 106 cm³/mol. The second kappa shape index (κ2) is 6.56. The normalized spacial score (nSPS) is 21.1. The van der Waals surface area contributed by atoms with E-state index in [9.17, 15) is 4.79 Å². The number of nitrogens with zero attached hydrogens (tertiary/aromatic N) is 4. The van der Waals surface area contributed by atoms with E-state index in [2.05, 4.69) is 20.4 Å². The molecule has 3 heterocycles. The molecule has 0 bridgehead atoms. The Labute approximate surface area is 167 Å². The number of allylic oxidation sites excluding steroid dienone is 2.